The second kappa shape index (κ2) is 7.86. The molecule has 6 nitrogen and oxygen atoms in total. The number of hydrogen-bond donors (Lipinski definition) is 1. The average Bonchev–Trinajstić information content (AvgIpc) is 3.13. The van der Waals surface area contributed by atoms with Crippen LogP contribution in [-0.4, -0.2) is 50.5 Å². The van der Waals surface area contributed by atoms with E-state index in [-0.39, 0.29) is 23.3 Å². The summed E-state index contributed by atoms with van der Waals surface area (Å²) in [5.74, 6) is -2.76. The summed E-state index contributed by atoms with van der Waals surface area (Å²) < 4.78 is 27.7. The van der Waals surface area contributed by atoms with Crippen LogP contribution in [0.5, 0.6) is 0 Å². The van der Waals surface area contributed by atoms with Crippen molar-refractivity contribution in [1.29, 1.82) is 0 Å². The highest BCUT2D eigenvalue weighted by Gasteiger charge is 2.24. The third-order valence-corrected chi connectivity index (χ3v) is 5.27. The number of aromatic carboxylic acids is 1. The predicted molar refractivity (Wildman–Crippen MR) is 91.1 cm³/mol. The van der Waals surface area contributed by atoms with Crippen LogP contribution in [0.2, 0.25) is 0 Å². The molecule has 0 atom stereocenters. The van der Waals surface area contributed by atoms with Crippen molar-refractivity contribution in [3.63, 3.8) is 0 Å². The number of rotatable bonds is 5. The number of carbonyl (C=O) groups is 2. The first-order valence-corrected chi connectivity index (χ1v) is 9.05. The second-order valence-corrected chi connectivity index (χ2v) is 7.04. The number of aromatic nitrogens is 2. The van der Waals surface area contributed by atoms with Crippen molar-refractivity contribution in [2.75, 3.05) is 18.8 Å². The first kappa shape index (κ1) is 18.4. The zero-order valence-electron chi connectivity index (χ0n) is 13.8. The molecule has 0 aliphatic carbocycles. The number of benzene rings is 1. The Balaban J connectivity index is 1.49. The van der Waals surface area contributed by atoms with Crippen molar-refractivity contribution in [3.05, 3.63) is 47.8 Å². The first-order valence-electron chi connectivity index (χ1n) is 8.07. The van der Waals surface area contributed by atoms with Gasteiger partial charge in [-0.25, -0.2) is 13.6 Å². The van der Waals surface area contributed by atoms with Crippen molar-refractivity contribution in [3.8, 4) is 0 Å². The van der Waals surface area contributed by atoms with Gasteiger partial charge >= 0.3 is 5.97 Å². The Labute approximate surface area is 152 Å². The highest BCUT2D eigenvalue weighted by atomic mass is 32.2. The largest absolute Gasteiger partial charge is 0.478 e. The monoisotopic (exact) mass is 381 g/mol. The second-order valence-electron chi connectivity index (χ2n) is 5.99. The van der Waals surface area contributed by atoms with Gasteiger partial charge in [-0.1, -0.05) is 0 Å². The fourth-order valence-electron chi connectivity index (χ4n) is 2.83. The lowest BCUT2D eigenvalue weighted by molar-refractivity contribution is -0.129. The van der Waals surface area contributed by atoms with Crippen molar-refractivity contribution in [1.82, 2.24) is 14.7 Å². The van der Waals surface area contributed by atoms with Crippen LogP contribution >= 0.6 is 11.8 Å². The summed E-state index contributed by atoms with van der Waals surface area (Å²) in [6.07, 6.45) is 4.19. The molecule has 2 aromatic rings. The molecule has 0 unspecified atom stereocenters. The maximum Gasteiger partial charge on any atom is 0.338 e. The third-order valence-electron chi connectivity index (χ3n) is 4.29. The van der Waals surface area contributed by atoms with Crippen LogP contribution in [0.1, 0.15) is 29.2 Å². The van der Waals surface area contributed by atoms with E-state index in [4.69, 9.17) is 5.11 Å². The van der Waals surface area contributed by atoms with Gasteiger partial charge in [-0.05, 0) is 31.0 Å². The Morgan fingerprint density at radius 1 is 1.23 bits per heavy atom. The molecule has 1 aliphatic rings. The normalized spacial score (nSPS) is 15.2. The molecular weight excluding hydrogens is 364 g/mol. The van der Waals surface area contributed by atoms with E-state index in [1.54, 1.807) is 9.58 Å². The van der Waals surface area contributed by atoms with Gasteiger partial charge in [0.05, 0.1) is 23.6 Å². The van der Waals surface area contributed by atoms with E-state index in [2.05, 4.69) is 5.10 Å². The maximum atomic E-state index is 13.2. The van der Waals surface area contributed by atoms with Gasteiger partial charge in [0.2, 0.25) is 5.91 Å². The zero-order valence-corrected chi connectivity index (χ0v) is 14.6. The van der Waals surface area contributed by atoms with Gasteiger partial charge in [0.15, 0.2) is 11.6 Å². The van der Waals surface area contributed by atoms with Crippen LogP contribution in [0.15, 0.2) is 35.5 Å². The molecule has 1 N–H and O–H groups in total. The zero-order chi connectivity index (χ0) is 18.7. The molecule has 26 heavy (non-hydrogen) atoms. The van der Waals surface area contributed by atoms with Gasteiger partial charge in [0.1, 0.15) is 0 Å². The van der Waals surface area contributed by atoms with E-state index in [9.17, 15) is 18.4 Å². The Morgan fingerprint density at radius 2 is 1.96 bits per heavy atom. The van der Waals surface area contributed by atoms with Gasteiger partial charge < -0.3 is 10.0 Å². The molecule has 1 saturated heterocycles. The van der Waals surface area contributed by atoms with E-state index in [1.807, 2.05) is 0 Å². The number of amides is 1. The molecule has 3 rings (SSSR count). The number of hydrogen-bond acceptors (Lipinski definition) is 4. The summed E-state index contributed by atoms with van der Waals surface area (Å²) in [7, 11) is 0. The summed E-state index contributed by atoms with van der Waals surface area (Å²) >= 11 is 1.17. The van der Waals surface area contributed by atoms with E-state index in [0.717, 1.165) is 12.1 Å². The van der Waals surface area contributed by atoms with Crippen molar-refractivity contribution in [2.24, 2.45) is 0 Å². The number of carboxylic acid groups (broad SMARTS) is 1. The minimum atomic E-state index is -1.02. The molecule has 138 valence electrons. The molecule has 0 saturated carbocycles. The molecular formula is C17H17F2N3O3S. The van der Waals surface area contributed by atoms with E-state index >= 15 is 0 Å². The highest BCUT2D eigenvalue weighted by Crippen LogP contribution is 2.25. The van der Waals surface area contributed by atoms with E-state index < -0.39 is 17.6 Å². The van der Waals surface area contributed by atoms with Crippen molar-refractivity contribution in [2.45, 2.75) is 23.8 Å². The number of halogens is 2. The van der Waals surface area contributed by atoms with Crippen LogP contribution in [-0.2, 0) is 4.79 Å². The lowest BCUT2D eigenvalue weighted by Crippen LogP contribution is -2.40. The maximum absolute atomic E-state index is 13.2. The summed E-state index contributed by atoms with van der Waals surface area (Å²) in [6.45, 7) is 1.09. The summed E-state index contributed by atoms with van der Waals surface area (Å²) in [5, 5.41) is 13.0. The minimum absolute atomic E-state index is 0.0611. The molecule has 1 amide bonds. The number of carbonyl (C=O) groups excluding carboxylic acids is 1. The lowest BCUT2D eigenvalue weighted by atomic mass is 10.1. The lowest BCUT2D eigenvalue weighted by Gasteiger charge is -2.32. The van der Waals surface area contributed by atoms with Gasteiger partial charge in [-0.3, -0.25) is 9.48 Å². The van der Waals surface area contributed by atoms with Crippen LogP contribution < -0.4 is 0 Å². The Hall–Kier alpha value is -2.42. The topological polar surface area (TPSA) is 75.4 Å². The van der Waals surface area contributed by atoms with Gasteiger partial charge in [-0.15, -0.1) is 11.8 Å². The summed E-state index contributed by atoms with van der Waals surface area (Å²) in [5.41, 5.74) is 0.145. The SMILES string of the molecule is O=C(O)c1cnn(C2CCN(C(=O)CSc3ccc(F)c(F)c3)CC2)c1. The van der Waals surface area contributed by atoms with Crippen LogP contribution in [0.4, 0.5) is 8.78 Å². The highest BCUT2D eigenvalue weighted by molar-refractivity contribution is 8.00. The van der Waals surface area contributed by atoms with Crippen LogP contribution in [0.3, 0.4) is 0 Å². The number of piperidine rings is 1. The molecule has 9 heteroatoms. The molecule has 1 aromatic heterocycles. The molecule has 1 aromatic carbocycles. The number of carboxylic acids is 1. The van der Waals surface area contributed by atoms with Crippen LogP contribution in [0.25, 0.3) is 0 Å². The van der Waals surface area contributed by atoms with Gasteiger partial charge in [0, 0.05) is 24.2 Å². The van der Waals surface area contributed by atoms with E-state index in [1.165, 1.54) is 30.2 Å². The van der Waals surface area contributed by atoms with Gasteiger partial charge in [0.25, 0.3) is 0 Å². The van der Waals surface area contributed by atoms with Crippen LogP contribution in [0, 0.1) is 11.6 Å². The molecule has 1 aliphatic heterocycles. The summed E-state index contributed by atoms with van der Waals surface area (Å²) in [6, 6.07) is 3.63. The molecule has 0 radical (unpaired) electrons. The Morgan fingerprint density at radius 3 is 2.58 bits per heavy atom. The van der Waals surface area contributed by atoms with Gasteiger partial charge in [-0.2, -0.15) is 5.10 Å². The first-order chi connectivity index (χ1) is 12.4. The van der Waals surface area contributed by atoms with E-state index in [0.29, 0.717) is 30.8 Å². The molecule has 0 bridgehead atoms. The number of nitrogens with zero attached hydrogens (tertiary/aromatic N) is 3. The minimum Gasteiger partial charge on any atom is -0.478 e. The molecule has 1 fully saturated rings. The third kappa shape index (κ3) is 4.21. The fraction of sp³-hybridized carbons (Fsp3) is 0.353. The van der Waals surface area contributed by atoms with Crippen molar-refractivity contribution >= 4 is 23.6 Å². The molecule has 2 heterocycles. The summed E-state index contributed by atoms with van der Waals surface area (Å²) in [4.78, 5) is 25.4. The van der Waals surface area contributed by atoms with Crippen molar-refractivity contribution < 1.29 is 23.5 Å². The molecule has 0 spiro atoms. The Bertz CT molecular complexity index is 819. The standard InChI is InChI=1S/C17H17F2N3O3S/c18-14-2-1-13(7-15(14)19)26-10-16(23)21-5-3-12(4-6-21)22-9-11(8-20-22)17(24)25/h1-2,7-9,12H,3-6,10H2,(H,24,25). The Kier molecular flexibility index (Phi) is 5.55. The average molecular weight is 381 g/mol. The fourth-order valence-corrected chi connectivity index (χ4v) is 3.65. The number of thioether (sulfide) groups is 1. The quantitative estimate of drug-likeness (QED) is 0.806. The smallest absolute Gasteiger partial charge is 0.338 e. The number of likely N-dealkylation sites (tertiary alicyclic amines) is 1. The predicted octanol–water partition coefficient (Wildman–Crippen LogP) is 2.82.